The molecule has 1 aromatic carbocycles. The molecule has 0 aliphatic carbocycles. The summed E-state index contributed by atoms with van der Waals surface area (Å²) in [6, 6.07) is 11.0. The zero-order valence-electron chi connectivity index (χ0n) is 13.2. The summed E-state index contributed by atoms with van der Waals surface area (Å²) >= 11 is 7.47. The van der Waals surface area contributed by atoms with Gasteiger partial charge in [0.1, 0.15) is 0 Å². The number of carbonyl (C=O) groups is 1. The number of rotatable bonds is 6. The smallest absolute Gasteiger partial charge is 0.273 e. The number of amides is 1. The molecule has 6 heteroatoms. The standard InChI is InChI=1S/C18H17ClN2O2S/c1-2-3-10-20-17(22)15-16(12-6-8-13(19)9-7-12)23-18(21-15)14-5-4-11-24-14/h4-9,11H,2-3,10H2,1H3,(H,20,22). The quantitative estimate of drug-likeness (QED) is 0.610. The van der Waals surface area contributed by atoms with Gasteiger partial charge in [0, 0.05) is 17.1 Å². The van der Waals surface area contributed by atoms with Crippen molar-refractivity contribution < 1.29 is 9.21 Å². The van der Waals surface area contributed by atoms with Crippen LogP contribution in [0.25, 0.3) is 22.1 Å². The van der Waals surface area contributed by atoms with Gasteiger partial charge in [0.15, 0.2) is 11.5 Å². The Morgan fingerprint density at radius 3 is 2.75 bits per heavy atom. The van der Waals surface area contributed by atoms with Gasteiger partial charge in [0.05, 0.1) is 4.88 Å². The van der Waals surface area contributed by atoms with E-state index in [1.807, 2.05) is 29.6 Å². The van der Waals surface area contributed by atoms with Crippen molar-refractivity contribution >= 4 is 28.8 Å². The number of hydrogen-bond donors (Lipinski definition) is 1. The molecule has 0 bridgehead atoms. The first-order valence-electron chi connectivity index (χ1n) is 7.78. The largest absolute Gasteiger partial charge is 0.434 e. The molecule has 0 radical (unpaired) electrons. The number of benzene rings is 1. The average molecular weight is 361 g/mol. The number of halogens is 1. The Bertz CT molecular complexity index is 810. The number of hydrogen-bond acceptors (Lipinski definition) is 4. The molecular weight excluding hydrogens is 344 g/mol. The molecule has 1 amide bonds. The SMILES string of the molecule is CCCCNC(=O)c1nc(-c2cccs2)oc1-c1ccc(Cl)cc1. The normalized spacial score (nSPS) is 10.8. The van der Waals surface area contributed by atoms with Crippen molar-refractivity contribution in [3.05, 3.63) is 52.5 Å². The minimum Gasteiger partial charge on any atom is -0.434 e. The van der Waals surface area contributed by atoms with Crippen LogP contribution in [-0.2, 0) is 0 Å². The number of nitrogens with one attached hydrogen (secondary N) is 1. The van der Waals surface area contributed by atoms with Gasteiger partial charge in [0.25, 0.3) is 5.91 Å². The molecule has 0 atom stereocenters. The number of thiophene rings is 1. The Labute approximate surface area is 149 Å². The van der Waals surface area contributed by atoms with E-state index in [4.69, 9.17) is 16.0 Å². The highest BCUT2D eigenvalue weighted by atomic mass is 35.5. The van der Waals surface area contributed by atoms with E-state index in [-0.39, 0.29) is 5.91 Å². The molecule has 0 spiro atoms. The van der Waals surface area contributed by atoms with Crippen molar-refractivity contribution in [2.45, 2.75) is 19.8 Å². The second-order valence-electron chi connectivity index (χ2n) is 5.29. The summed E-state index contributed by atoms with van der Waals surface area (Å²) in [6.07, 6.45) is 1.95. The minimum absolute atomic E-state index is 0.222. The van der Waals surface area contributed by atoms with Crippen LogP contribution in [0.2, 0.25) is 5.02 Å². The molecule has 2 aromatic heterocycles. The van der Waals surface area contributed by atoms with Gasteiger partial charge in [-0.3, -0.25) is 4.79 Å². The fourth-order valence-electron chi connectivity index (χ4n) is 2.24. The lowest BCUT2D eigenvalue weighted by Gasteiger charge is -2.03. The van der Waals surface area contributed by atoms with Gasteiger partial charge in [-0.2, -0.15) is 0 Å². The molecule has 1 N–H and O–H groups in total. The molecule has 0 saturated heterocycles. The molecule has 124 valence electrons. The Morgan fingerprint density at radius 1 is 1.29 bits per heavy atom. The number of nitrogens with zero attached hydrogens (tertiary/aromatic N) is 1. The maximum absolute atomic E-state index is 12.5. The Kier molecular flexibility index (Phi) is 5.33. The molecule has 4 nitrogen and oxygen atoms in total. The predicted molar refractivity (Wildman–Crippen MR) is 97.5 cm³/mol. The van der Waals surface area contributed by atoms with Crippen LogP contribution < -0.4 is 5.32 Å². The van der Waals surface area contributed by atoms with Gasteiger partial charge in [-0.15, -0.1) is 11.3 Å². The fourth-order valence-corrected chi connectivity index (χ4v) is 3.01. The molecule has 3 rings (SSSR count). The molecule has 3 aromatic rings. The Balaban J connectivity index is 1.98. The lowest BCUT2D eigenvalue weighted by molar-refractivity contribution is 0.0949. The van der Waals surface area contributed by atoms with Crippen LogP contribution in [0.1, 0.15) is 30.3 Å². The monoisotopic (exact) mass is 360 g/mol. The molecule has 0 unspecified atom stereocenters. The predicted octanol–water partition coefficient (Wildman–Crippen LogP) is 5.25. The first kappa shape index (κ1) is 16.7. The van der Waals surface area contributed by atoms with E-state index in [1.54, 1.807) is 12.1 Å². The lowest BCUT2D eigenvalue weighted by Crippen LogP contribution is -2.25. The van der Waals surface area contributed by atoms with E-state index in [0.29, 0.717) is 28.9 Å². The topological polar surface area (TPSA) is 55.1 Å². The summed E-state index contributed by atoms with van der Waals surface area (Å²) in [5.41, 5.74) is 1.08. The van der Waals surface area contributed by atoms with Gasteiger partial charge < -0.3 is 9.73 Å². The van der Waals surface area contributed by atoms with Crippen LogP contribution in [0.3, 0.4) is 0 Å². The van der Waals surface area contributed by atoms with Crippen molar-refractivity contribution in [3.8, 4) is 22.1 Å². The van der Waals surface area contributed by atoms with Gasteiger partial charge in [-0.05, 0) is 42.1 Å². The second kappa shape index (κ2) is 7.64. The van der Waals surface area contributed by atoms with Gasteiger partial charge in [0.2, 0.25) is 5.89 Å². The summed E-state index contributed by atoms with van der Waals surface area (Å²) in [6.45, 7) is 2.70. The molecule has 0 fully saturated rings. The summed E-state index contributed by atoms with van der Waals surface area (Å²) in [7, 11) is 0. The van der Waals surface area contributed by atoms with E-state index in [9.17, 15) is 4.79 Å². The van der Waals surface area contributed by atoms with Crippen molar-refractivity contribution in [3.63, 3.8) is 0 Å². The van der Waals surface area contributed by atoms with Crippen LogP contribution >= 0.6 is 22.9 Å². The molecule has 0 aliphatic rings. The highest BCUT2D eigenvalue weighted by Crippen LogP contribution is 2.32. The van der Waals surface area contributed by atoms with Crippen LogP contribution in [0.15, 0.2) is 46.2 Å². The summed E-state index contributed by atoms with van der Waals surface area (Å²) in [5.74, 6) is 0.694. The van der Waals surface area contributed by atoms with Gasteiger partial charge in [-0.1, -0.05) is 31.0 Å². The summed E-state index contributed by atoms with van der Waals surface area (Å²) in [4.78, 5) is 17.8. The van der Waals surface area contributed by atoms with Gasteiger partial charge >= 0.3 is 0 Å². The van der Waals surface area contributed by atoms with Crippen LogP contribution in [0.4, 0.5) is 0 Å². The first-order valence-corrected chi connectivity index (χ1v) is 9.03. The van der Waals surface area contributed by atoms with Crippen molar-refractivity contribution in [2.75, 3.05) is 6.54 Å². The molecular formula is C18H17ClN2O2S. The van der Waals surface area contributed by atoms with E-state index < -0.39 is 0 Å². The Morgan fingerprint density at radius 2 is 2.08 bits per heavy atom. The highest BCUT2D eigenvalue weighted by molar-refractivity contribution is 7.13. The van der Waals surface area contributed by atoms with Crippen LogP contribution in [-0.4, -0.2) is 17.4 Å². The van der Waals surface area contributed by atoms with Crippen molar-refractivity contribution in [1.82, 2.24) is 10.3 Å². The third-order valence-corrected chi connectivity index (χ3v) is 4.61. The van der Waals surface area contributed by atoms with E-state index in [1.165, 1.54) is 11.3 Å². The van der Waals surface area contributed by atoms with Crippen molar-refractivity contribution in [1.29, 1.82) is 0 Å². The maximum atomic E-state index is 12.5. The number of unbranched alkanes of at least 4 members (excludes halogenated alkanes) is 1. The molecule has 0 saturated carbocycles. The highest BCUT2D eigenvalue weighted by Gasteiger charge is 2.22. The second-order valence-corrected chi connectivity index (χ2v) is 6.67. The summed E-state index contributed by atoms with van der Waals surface area (Å²) in [5, 5.41) is 5.47. The van der Waals surface area contributed by atoms with E-state index >= 15 is 0 Å². The molecule has 0 aliphatic heterocycles. The average Bonchev–Trinajstić information content (AvgIpc) is 3.25. The number of carbonyl (C=O) groups excluding carboxylic acids is 1. The van der Waals surface area contributed by atoms with Gasteiger partial charge in [-0.25, -0.2) is 4.98 Å². The molecule has 24 heavy (non-hydrogen) atoms. The van der Waals surface area contributed by atoms with Crippen molar-refractivity contribution in [2.24, 2.45) is 0 Å². The number of aromatic nitrogens is 1. The molecule has 2 heterocycles. The van der Waals surface area contributed by atoms with E-state index in [2.05, 4.69) is 17.2 Å². The zero-order valence-corrected chi connectivity index (χ0v) is 14.8. The first-order chi connectivity index (χ1) is 11.7. The lowest BCUT2D eigenvalue weighted by atomic mass is 10.1. The fraction of sp³-hybridized carbons (Fsp3) is 0.222. The minimum atomic E-state index is -0.222. The third kappa shape index (κ3) is 3.68. The van der Waals surface area contributed by atoms with Crippen LogP contribution in [0, 0.1) is 0 Å². The zero-order chi connectivity index (χ0) is 16.9. The summed E-state index contributed by atoms with van der Waals surface area (Å²) < 4.78 is 5.91. The van der Waals surface area contributed by atoms with Crippen LogP contribution in [0.5, 0.6) is 0 Å². The third-order valence-electron chi connectivity index (χ3n) is 3.50. The number of oxazole rings is 1. The maximum Gasteiger partial charge on any atom is 0.273 e. The van der Waals surface area contributed by atoms with E-state index in [0.717, 1.165) is 23.3 Å². The Hall–Kier alpha value is -2.11.